The Labute approximate surface area is 184 Å². The number of aliphatic carboxylic acids is 1. The van der Waals surface area contributed by atoms with E-state index in [0.717, 1.165) is 30.0 Å². The van der Waals surface area contributed by atoms with Crippen molar-refractivity contribution in [1.82, 2.24) is 20.2 Å². The molecule has 3 N–H and O–H groups in total. The second-order valence-corrected chi connectivity index (χ2v) is 8.04. The van der Waals surface area contributed by atoms with E-state index in [-0.39, 0.29) is 29.6 Å². The van der Waals surface area contributed by atoms with Crippen LogP contribution in [-0.2, 0) is 4.79 Å². The molecule has 8 nitrogen and oxygen atoms in total. The Hall–Kier alpha value is -3.89. The van der Waals surface area contributed by atoms with Gasteiger partial charge in [0.15, 0.2) is 17.5 Å². The predicted molar refractivity (Wildman–Crippen MR) is 111 cm³/mol. The fourth-order valence-electron chi connectivity index (χ4n) is 4.19. The number of fused-ring (bicyclic) bond motifs is 1. The first kappa shape index (κ1) is 21.0. The second kappa shape index (κ2) is 8.23. The van der Waals surface area contributed by atoms with Gasteiger partial charge in [-0.05, 0) is 49.3 Å². The Kier molecular flexibility index (Phi) is 5.23. The Balaban J connectivity index is 1.35. The fourth-order valence-corrected chi connectivity index (χ4v) is 4.19. The zero-order valence-electron chi connectivity index (χ0n) is 17.1. The molecule has 33 heavy (non-hydrogen) atoms. The quantitative estimate of drug-likeness (QED) is 0.356. The van der Waals surface area contributed by atoms with Crippen LogP contribution in [0.1, 0.15) is 37.2 Å². The number of nitrogens with one attached hydrogen (secondary N) is 2. The summed E-state index contributed by atoms with van der Waals surface area (Å²) in [5.74, 6) is -4.02. The van der Waals surface area contributed by atoms with E-state index in [1.54, 1.807) is 0 Å². The Morgan fingerprint density at radius 2 is 1.88 bits per heavy atom. The number of rotatable bonds is 5. The average Bonchev–Trinajstić information content (AvgIpc) is 3.43. The van der Waals surface area contributed by atoms with E-state index in [1.165, 1.54) is 0 Å². The van der Waals surface area contributed by atoms with E-state index in [1.807, 2.05) is 18.2 Å². The normalized spacial score (nSPS) is 18.5. The maximum Gasteiger partial charge on any atom is 0.320 e. The largest absolute Gasteiger partial charge is 0.481 e. The SMILES string of the molecule is O=C(O)C1CCC(c2ccc3nc(-c4nnc(Nc5cc(F)cc(F)c5F)o4)[nH]c3c2)CC1. The molecule has 1 saturated carbocycles. The molecule has 2 aromatic heterocycles. The van der Waals surface area contributed by atoms with Gasteiger partial charge >= 0.3 is 12.0 Å². The van der Waals surface area contributed by atoms with Gasteiger partial charge in [0.05, 0.1) is 22.6 Å². The van der Waals surface area contributed by atoms with Crippen LogP contribution in [0.2, 0.25) is 0 Å². The molecule has 0 aliphatic heterocycles. The van der Waals surface area contributed by atoms with Gasteiger partial charge in [-0.15, -0.1) is 5.10 Å². The first-order valence-corrected chi connectivity index (χ1v) is 10.4. The molecule has 4 aromatic rings. The number of halogens is 3. The van der Waals surface area contributed by atoms with Gasteiger partial charge in [0, 0.05) is 12.1 Å². The number of carbonyl (C=O) groups is 1. The number of benzene rings is 2. The van der Waals surface area contributed by atoms with E-state index in [0.29, 0.717) is 24.4 Å². The molecule has 1 fully saturated rings. The van der Waals surface area contributed by atoms with Crippen molar-refractivity contribution in [3.8, 4) is 11.7 Å². The number of aromatic amines is 1. The highest BCUT2D eigenvalue weighted by Crippen LogP contribution is 2.37. The lowest BCUT2D eigenvalue weighted by Gasteiger charge is -2.26. The lowest BCUT2D eigenvalue weighted by Crippen LogP contribution is -2.20. The minimum atomic E-state index is -1.35. The van der Waals surface area contributed by atoms with Crippen LogP contribution in [-0.4, -0.2) is 31.2 Å². The van der Waals surface area contributed by atoms with E-state index in [2.05, 4.69) is 25.5 Å². The van der Waals surface area contributed by atoms with Crippen LogP contribution in [0.4, 0.5) is 24.9 Å². The molecule has 2 heterocycles. The standard InChI is InChI=1S/C22H18F3N5O3/c23-13-8-14(24)18(25)17(9-13)28-22-30-29-20(33-22)19-26-15-6-5-12(7-16(15)27-19)10-1-3-11(4-2-10)21(31)32/h5-11H,1-4H2,(H,26,27)(H,28,30)(H,31,32). The van der Waals surface area contributed by atoms with Gasteiger partial charge < -0.3 is 19.8 Å². The lowest BCUT2D eigenvalue weighted by atomic mass is 9.79. The van der Waals surface area contributed by atoms with E-state index in [9.17, 15) is 23.1 Å². The first-order valence-electron chi connectivity index (χ1n) is 10.4. The Morgan fingerprint density at radius 1 is 1.09 bits per heavy atom. The summed E-state index contributed by atoms with van der Waals surface area (Å²) in [7, 11) is 0. The number of H-pyrrole nitrogens is 1. The van der Waals surface area contributed by atoms with Gasteiger partial charge in [-0.2, -0.15) is 0 Å². The summed E-state index contributed by atoms with van der Waals surface area (Å²) in [5, 5.41) is 19.1. The third-order valence-corrected chi connectivity index (χ3v) is 5.92. The monoisotopic (exact) mass is 457 g/mol. The summed E-state index contributed by atoms with van der Waals surface area (Å²) < 4.78 is 46.0. The number of carboxylic acid groups (broad SMARTS) is 1. The molecule has 5 rings (SSSR count). The van der Waals surface area contributed by atoms with Crippen molar-refractivity contribution in [2.24, 2.45) is 5.92 Å². The first-order chi connectivity index (χ1) is 15.9. The molecule has 0 saturated heterocycles. The van der Waals surface area contributed by atoms with E-state index < -0.39 is 29.1 Å². The van der Waals surface area contributed by atoms with Crippen LogP contribution in [0.3, 0.4) is 0 Å². The summed E-state index contributed by atoms with van der Waals surface area (Å²) >= 11 is 0. The van der Waals surface area contributed by atoms with Gasteiger partial charge in [-0.1, -0.05) is 11.2 Å². The number of imidazole rings is 1. The van der Waals surface area contributed by atoms with Crippen LogP contribution in [0.15, 0.2) is 34.7 Å². The van der Waals surface area contributed by atoms with Gasteiger partial charge in [0.1, 0.15) is 5.82 Å². The molecule has 1 aliphatic carbocycles. The van der Waals surface area contributed by atoms with E-state index in [4.69, 9.17) is 4.42 Å². The minimum Gasteiger partial charge on any atom is -0.481 e. The Morgan fingerprint density at radius 3 is 2.64 bits per heavy atom. The molecule has 0 spiro atoms. The number of hydrogen-bond donors (Lipinski definition) is 3. The van der Waals surface area contributed by atoms with Crippen molar-refractivity contribution in [3.63, 3.8) is 0 Å². The summed E-state index contributed by atoms with van der Waals surface area (Å²) in [5.41, 5.74) is 2.03. The van der Waals surface area contributed by atoms with Gasteiger partial charge in [0.2, 0.25) is 0 Å². The zero-order valence-corrected chi connectivity index (χ0v) is 17.1. The second-order valence-electron chi connectivity index (χ2n) is 8.04. The van der Waals surface area contributed by atoms with Gasteiger partial charge in [-0.25, -0.2) is 18.2 Å². The van der Waals surface area contributed by atoms with Crippen molar-refractivity contribution in [3.05, 3.63) is 53.3 Å². The maximum absolute atomic E-state index is 13.8. The molecule has 1 aliphatic rings. The number of aromatic nitrogens is 4. The number of carboxylic acids is 1. The van der Waals surface area contributed by atoms with Crippen LogP contribution in [0, 0.1) is 23.4 Å². The van der Waals surface area contributed by atoms with Crippen molar-refractivity contribution in [1.29, 1.82) is 0 Å². The molecule has 0 bridgehead atoms. The predicted octanol–water partition coefficient (Wildman–Crippen LogP) is 5.13. The summed E-state index contributed by atoms with van der Waals surface area (Å²) in [6.45, 7) is 0. The zero-order chi connectivity index (χ0) is 23.1. The molecular weight excluding hydrogens is 439 g/mol. The molecule has 0 amide bonds. The van der Waals surface area contributed by atoms with Gasteiger partial charge in [-0.3, -0.25) is 4.79 Å². The fraction of sp³-hybridized carbons (Fsp3) is 0.273. The molecule has 2 aromatic carbocycles. The molecular formula is C22H18F3N5O3. The highest BCUT2D eigenvalue weighted by molar-refractivity contribution is 5.79. The average molecular weight is 457 g/mol. The molecule has 170 valence electrons. The smallest absolute Gasteiger partial charge is 0.320 e. The topological polar surface area (TPSA) is 117 Å². The minimum absolute atomic E-state index is 0.00880. The van der Waals surface area contributed by atoms with Crippen LogP contribution >= 0.6 is 0 Å². The third kappa shape index (κ3) is 4.13. The highest BCUT2D eigenvalue weighted by atomic mass is 19.2. The summed E-state index contributed by atoms with van der Waals surface area (Å²) in [6.07, 6.45) is 2.92. The van der Waals surface area contributed by atoms with E-state index >= 15 is 0 Å². The summed E-state index contributed by atoms with van der Waals surface area (Å²) in [4.78, 5) is 18.7. The number of hydrogen-bond acceptors (Lipinski definition) is 6. The molecule has 11 heteroatoms. The summed E-state index contributed by atoms with van der Waals surface area (Å²) in [6, 6.07) is 6.74. The lowest BCUT2D eigenvalue weighted by molar-refractivity contribution is -0.142. The molecule has 0 unspecified atom stereocenters. The number of anilines is 2. The van der Waals surface area contributed by atoms with Crippen LogP contribution < -0.4 is 5.32 Å². The molecule has 0 radical (unpaired) electrons. The maximum atomic E-state index is 13.8. The Bertz CT molecular complexity index is 1340. The van der Waals surface area contributed by atoms with Crippen LogP contribution in [0.25, 0.3) is 22.7 Å². The van der Waals surface area contributed by atoms with Gasteiger partial charge in [0.25, 0.3) is 5.89 Å². The highest BCUT2D eigenvalue weighted by Gasteiger charge is 2.27. The van der Waals surface area contributed by atoms with Crippen molar-refractivity contribution >= 4 is 28.7 Å². The van der Waals surface area contributed by atoms with Crippen molar-refractivity contribution in [2.45, 2.75) is 31.6 Å². The van der Waals surface area contributed by atoms with Crippen LogP contribution in [0.5, 0.6) is 0 Å². The van der Waals surface area contributed by atoms with Crippen molar-refractivity contribution in [2.75, 3.05) is 5.32 Å². The number of nitrogens with zero attached hydrogens (tertiary/aromatic N) is 3. The third-order valence-electron chi connectivity index (χ3n) is 5.92. The van der Waals surface area contributed by atoms with Crippen molar-refractivity contribution < 1.29 is 27.5 Å². The molecule has 0 atom stereocenters.